The van der Waals surface area contributed by atoms with Gasteiger partial charge < -0.3 is 5.32 Å². The molecule has 3 rings (SSSR count). The molecule has 25 heavy (non-hydrogen) atoms. The highest BCUT2D eigenvalue weighted by Crippen LogP contribution is 2.39. The van der Waals surface area contributed by atoms with Crippen molar-refractivity contribution in [3.63, 3.8) is 0 Å². The Morgan fingerprint density at radius 3 is 2.76 bits per heavy atom. The molecule has 1 N–H and O–H groups in total. The van der Waals surface area contributed by atoms with E-state index in [0.717, 1.165) is 36.0 Å². The van der Waals surface area contributed by atoms with Gasteiger partial charge in [-0.05, 0) is 42.9 Å². The number of nitriles is 1. The van der Waals surface area contributed by atoms with Crippen molar-refractivity contribution in [2.75, 3.05) is 11.6 Å². The molecule has 1 aliphatic carbocycles. The Kier molecular flexibility index (Phi) is 4.67. The number of nitrogens with one attached hydrogen (secondary N) is 1. The van der Waals surface area contributed by atoms with Gasteiger partial charge in [0.1, 0.15) is 11.1 Å². The summed E-state index contributed by atoms with van der Waals surface area (Å²) in [7, 11) is -3.52. The number of carbonyl (C=O) groups is 1. The monoisotopic (exact) mass is 374 g/mol. The maximum absolute atomic E-state index is 12.6. The molecule has 0 bridgehead atoms. The van der Waals surface area contributed by atoms with Crippen molar-refractivity contribution in [3.05, 3.63) is 45.8 Å². The zero-order valence-corrected chi connectivity index (χ0v) is 15.6. The van der Waals surface area contributed by atoms with Gasteiger partial charge in [-0.15, -0.1) is 11.3 Å². The molecule has 0 saturated carbocycles. The van der Waals surface area contributed by atoms with Gasteiger partial charge in [0.2, 0.25) is 0 Å². The molecule has 0 saturated heterocycles. The number of sulfone groups is 1. The average Bonchev–Trinajstić information content (AvgIpc) is 2.89. The van der Waals surface area contributed by atoms with Gasteiger partial charge >= 0.3 is 0 Å². The van der Waals surface area contributed by atoms with Crippen LogP contribution in [-0.4, -0.2) is 20.6 Å². The van der Waals surface area contributed by atoms with Crippen molar-refractivity contribution in [1.29, 1.82) is 5.26 Å². The number of fused-ring (bicyclic) bond motifs is 1. The Labute approximate surface area is 151 Å². The fourth-order valence-corrected chi connectivity index (χ4v) is 5.35. The summed E-state index contributed by atoms with van der Waals surface area (Å²) in [5.41, 5.74) is 1.63. The van der Waals surface area contributed by atoms with Crippen LogP contribution < -0.4 is 5.32 Å². The van der Waals surface area contributed by atoms with Crippen LogP contribution in [-0.2, 0) is 22.7 Å². The number of thiophene rings is 1. The molecule has 7 heteroatoms. The summed E-state index contributed by atoms with van der Waals surface area (Å²) in [6.45, 7) is 2.18. The summed E-state index contributed by atoms with van der Waals surface area (Å²) in [6, 6.07) is 8.29. The van der Waals surface area contributed by atoms with E-state index >= 15 is 0 Å². The average molecular weight is 374 g/mol. The molecule has 1 aliphatic rings. The first-order chi connectivity index (χ1) is 11.8. The van der Waals surface area contributed by atoms with Gasteiger partial charge in [-0.1, -0.05) is 19.1 Å². The van der Waals surface area contributed by atoms with Crippen LogP contribution in [0.5, 0.6) is 0 Å². The lowest BCUT2D eigenvalue weighted by molar-refractivity contribution is 0.102. The molecule has 0 radical (unpaired) electrons. The van der Waals surface area contributed by atoms with E-state index in [2.05, 4.69) is 18.3 Å². The van der Waals surface area contributed by atoms with Gasteiger partial charge in [-0.3, -0.25) is 4.79 Å². The van der Waals surface area contributed by atoms with Gasteiger partial charge in [0, 0.05) is 11.1 Å². The maximum atomic E-state index is 12.6. The van der Waals surface area contributed by atoms with E-state index in [-0.39, 0.29) is 10.5 Å². The highest BCUT2D eigenvalue weighted by molar-refractivity contribution is 7.90. The molecule has 0 spiro atoms. The van der Waals surface area contributed by atoms with Gasteiger partial charge in [0.15, 0.2) is 9.84 Å². The van der Waals surface area contributed by atoms with Crippen LogP contribution in [0.2, 0.25) is 0 Å². The molecule has 1 aromatic carbocycles. The van der Waals surface area contributed by atoms with Crippen LogP contribution in [0.4, 0.5) is 5.00 Å². The Hall–Kier alpha value is -2.17. The molecule has 1 atom stereocenters. The normalized spacial score (nSPS) is 16.8. The predicted molar refractivity (Wildman–Crippen MR) is 97.7 cm³/mol. The van der Waals surface area contributed by atoms with Crippen LogP contribution in [0.15, 0.2) is 29.2 Å². The molecule has 1 heterocycles. The fourth-order valence-electron chi connectivity index (χ4n) is 3.11. The summed E-state index contributed by atoms with van der Waals surface area (Å²) in [5.74, 6) is 0.0522. The second-order valence-corrected chi connectivity index (χ2v) is 9.48. The Bertz CT molecular complexity index is 984. The summed E-state index contributed by atoms with van der Waals surface area (Å²) in [6.07, 6.45) is 3.85. The lowest BCUT2D eigenvalue weighted by Gasteiger charge is -2.17. The molecule has 2 aromatic rings. The van der Waals surface area contributed by atoms with Gasteiger partial charge in [0.05, 0.1) is 16.0 Å². The molecule has 1 aromatic heterocycles. The Balaban J connectivity index is 1.97. The van der Waals surface area contributed by atoms with Crippen LogP contribution >= 0.6 is 11.3 Å². The van der Waals surface area contributed by atoms with Gasteiger partial charge in [-0.25, -0.2) is 8.42 Å². The first-order valence-corrected chi connectivity index (χ1v) is 10.7. The van der Waals surface area contributed by atoms with Crippen molar-refractivity contribution in [2.24, 2.45) is 5.92 Å². The molecule has 0 unspecified atom stereocenters. The van der Waals surface area contributed by atoms with E-state index in [1.807, 2.05) is 0 Å². The quantitative estimate of drug-likeness (QED) is 0.892. The smallest absolute Gasteiger partial charge is 0.257 e. The standard InChI is InChI=1S/C18H18N2O3S2/c1-11-7-8-12-14(10-19)18(24-15(12)9-11)20-17(21)13-5-3-4-6-16(13)25(2,22)23/h3-6,11H,7-9H2,1-2H3,(H,20,21)/t11-/m1/s1. The molecule has 1 amide bonds. The minimum atomic E-state index is -3.52. The number of hydrogen-bond donors (Lipinski definition) is 1. The molecule has 5 nitrogen and oxygen atoms in total. The van der Waals surface area contributed by atoms with E-state index in [0.29, 0.717) is 16.5 Å². The zero-order valence-electron chi connectivity index (χ0n) is 14.0. The first-order valence-electron chi connectivity index (χ1n) is 7.96. The Morgan fingerprint density at radius 2 is 2.08 bits per heavy atom. The summed E-state index contributed by atoms with van der Waals surface area (Å²) in [4.78, 5) is 13.8. The first kappa shape index (κ1) is 17.6. The lowest BCUT2D eigenvalue weighted by atomic mass is 9.88. The zero-order chi connectivity index (χ0) is 18.2. The van der Waals surface area contributed by atoms with Crippen molar-refractivity contribution in [1.82, 2.24) is 0 Å². The third kappa shape index (κ3) is 3.46. The van der Waals surface area contributed by atoms with E-state index < -0.39 is 15.7 Å². The third-order valence-corrected chi connectivity index (χ3v) is 6.71. The summed E-state index contributed by atoms with van der Waals surface area (Å²) >= 11 is 1.42. The molecular formula is C18H18N2O3S2. The minimum Gasteiger partial charge on any atom is -0.312 e. The van der Waals surface area contributed by atoms with E-state index in [9.17, 15) is 18.5 Å². The highest BCUT2D eigenvalue weighted by atomic mass is 32.2. The van der Waals surface area contributed by atoms with Crippen LogP contribution in [0.25, 0.3) is 0 Å². The van der Waals surface area contributed by atoms with Gasteiger partial charge in [0.25, 0.3) is 5.91 Å². The van der Waals surface area contributed by atoms with E-state index in [1.165, 1.54) is 23.5 Å². The Morgan fingerprint density at radius 1 is 1.36 bits per heavy atom. The number of nitrogens with zero attached hydrogens (tertiary/aromatic N) is 1. The molecule has 0 fully saturated rings. The van der Waals surface area contributed by atoms with Crippen LogP contribution in [0.1, 0.15) is 39.7 Å². The van der Waals surface area contributed by atoms with Crippen molar-refractivity contribution in [3.8, 4) is 6.07 Å². The summed E-state index contributed by atoms with van der Waals surface area (Å²) < 4.78 is 23.8. The minimum absolute atomic E-state index is 0.0130. The van der Waals surface area contributed by atoms with Crippen LogP contribution in [0.3, 0.4) is 0 Å². The van der Waals surface area contributed by atoms with Crippen molar-refractivity contribution < 1.29 is 13.2 Å². The molecular weight excluding hydrogens is 356 g/mol. The number of rotatable bonds is 3. The summed E-state index contributed by atoms with van der Waals surface area (Å²) in [5, 5.41) is 12.8. The topological polar surface area (TPSA) is 87.0 Å². The number of benzene rings is 1. The highest BCUT2D eigenvalue weighted by Gasteiger charge is 2.26. The number of amides is 1. The lowest BCUT2D eigenvalue weighted by Crippen LogP contribution is -2.16. The maximum Gasteiger partial charge on any atom is 0.257 e. The van der Waals surface area contributed by atoms with E-state index in [4.69, 9.17) is 0 Å². The number of hydrogen-bond acceptors (Lipinski definition) is 5. The molecule has 130 valence electrons. The molecule has 0 aliphatic heterocycles. The number of carbonyl (C=O) groups excluding carboxylic acids is 1. The van der Waals surface area contributed by atoms with Crippen molar-refractivity contribution in [2.45, 2.75) is 31.1 Å². The largest absolute Gasteiger partial charge is 0.312 e. The predicted octanol–water partition coefficient (Wildman–Crippen LogP) is 3.40. The van der Waals surface area contributed by atoms with Gasteiger partial charge in [-0.2, -0.15) is 5.26 Å². The second kappa shape index (κ2) is 6.62. The fraction of sp³-hybridized carbons (Fsp3) is 0.333. The SMILES string of the molecule is C[C@@H]1CCc2c(sc(NC(=O)c3ccccc3S(C)(=O)=O)c2C#N)C1. The van der Waals surface area contributed by atoms with E-state index in [1.54, 1.807) is 12.1 Å². The van der Waals surface area contributed by atoms with Crippen molar-refractivity contribution >= 4 is 32.1 Å². The third-order valence-electron chi connectivity index (χ3n) is 4.38. The second-order valence-electron chi connectivity index (χ2n) is 6.39. The number of anilines is 1. The van der Waals surface area contributed by atoms with Crippen LogP contribution in [0, 0.1) is 17.2 Å².